The van der Waals surface area contributed by atoms with Crippen LogP contribution in [-0.4, -0.2) is 74.9 Å². The molecule has 66 heavy (non-hydrogen) atoms. The van der Waals surface area contributed by atoms with Gasteiger partial charge in [0.15, 0.2) is 6.10 Å². The lowest BCUT2D eigenvalue weighted by molar-refractivity contribution is -0.870. The third-order valence-corrected chi connectivity index (χ3v) is 11.3. The molecule has 0 radical (unpaired) electrons. The number of phosphoric ester groups is 1. The molecule has 10 heteroatoms. The van der Waals surface area contributed by atoms with Crippen molar-refractivity contribution >= 4 is 19.8 Å². The second kappa shape index (κ2) is 46.8. The maximum Gasteiger partial charge on any atom is 0.472 e. The van der Waals surface area contributed by atoms with Gasteiger partial charge < -0.3 is 18.9 Å². The molecular formula is C56H95NO8P+. The van der Waals surface area contributed by atoms with Gasteiger partial charge in [-0.05, 0) is 96.3 Å². The minimum atomic E-state index is -4.41. The van der Waals surface area contributed by atoms with Crippen molar-refractivity contribution in [2.45, 2.75) is 187 Å². The summed E-state index contributed by atoms with van der Waals surface area (Å²) in [6, 6.07) is 0. The molecule has 2 unspecified atom stereocenters. The number of nitrogens with zero attached hydrogens (tertiary/aromatic N) is 1. The van der Waals surface area contributed by atoms with Crippen LogP contribution in [0, 0.1) is 0 Å². The van der Waals surface area contributed by atoms with Crippen LogP contribution < -0.4 is 0 Å². The van der Waals surface area contributed by atoms with Crippen LogP contribution in [0.3, 0.4) is 0 Å². The zero-order valence-electron chi connectivity index (χ0n) is 42.4. The zero-order valence-corrected chi connectivity index (χ0v) is 43.3. The number of carbonyl (C=O) groups excluding carboxylic acids is 2. The summed E-state index contributed by atoms with van der Waals surface area (Å²) < 4.78 is 34.4. The summed E-state index contributed by atoms with van der Waals surface area (Å²) in [5, 5.41) is 0. The normalized spacial score (nSPS) is 14.3. The van der Waals surface area contributed by atoms with Crippen molar-refractivity contribution < 1.29 is 42.1 Å². The Labute approximate surface area is 404 Å². The van der Waals surface area contributed by atoms with Gasteiger partial charge >= 0.3 is 19.8 Å². The van der Waals surface area contributed by atoms with E-state index in [1.807, 2.05) is 27.2 Å². The molecule has 0 fully saturated rings. The van der Waals surface area contributed by atoms with E-state index in [-0.39, 0.29) is 26.1 Å². The summed E-state index contributed by atoms with van der Waals surface area (Å²) in [5.74, 6) is -0.881. The first kappa shape index (κ1) is 62.7. The largest absolute Gasteiger partial charge is 0.472 e. The monoisotopic (exact) mass is 941 g/mol. The molecule has 9 nitrogen and oxygen atoms in total. The highest BCUT2D eigenvalue weighted by Crippen LogP contribution is 2.43. The molecule has 0 aliphatic heterocycles. The van der Waals surface area contributed by atoms with E-state index in [2.05, 4.69) is 117 Å². The van der Waals surface area contributed by atoms with Gasteiger partial charge in [-0.2, -0.15) is 0 Å². The maximum atomic E-state index is 12.7. The van der Waals surface area contributed by atoms with Gasteiger partial charge in [0, 0.05) is 12.8 Å². The molecule has 0 aromatic heterocycles. The number of esters is 2. The molecule has 0 rings (SSSR count). The molecule has 0 aromatic carbocycles. The number of likely N-dealkylation sites (N-methyl/N-ethyl adjacent to an activating group) is 1. The average Bonchev–Trinajstić information content (AvgIpc) is 3.27. The first-order valence-corrected chi connectivity index (χ1v) is 27.1. The maximum absolute atomic E-state index is 12.7. The van der Waals surface area contributed by atoms with Crippen molar-refractivity contribution in [1.82, 2.24) is 0 Å². The Balaban J connectivity index is 4.41. The Bertz CT molecular complexity index is 1480. The summed E-state index contributed by atoms with van der Waals surface area (Å²) in [6.07, 6.45) is 64.3. The quantitative estimate of drug-likeness (QED) is 0.0211. The number of allylic oxidation sites excluding steroid dienone is 18. The molecule has 0 aromatic rings. The van der Waals surface area contributed by atoms with Crippen LogP contribution in [0.4, 0.5) is 0 Å². The minimum Gasteiger partial charge on any atom is -0.462 e. The zero-order chi connectivity index (χ0) is 48.5. The molecule has 0 amide bonds. The van der Waals surface area contributed by atoms with Crippen LogP contribution in [0.2, 0.25) is 0 Å². The summed E-state index contributed by atoms with van der Waals surface area (Å²) in [6.45, 7) is 4.20. The van der Waals surface area contributed by atoms with Crippen molar-refractivity contribution in [1.29, 1.82) is 0 Å². The molecule has 1 N–H and O–H groups in total. The fourth-order valence-electron chi connectivity index (χ4n) is 6.33. The van der Waals surface area contributed by atoms with Gasteiger partial charge in [0.2, 0.25) is 0 Å². The summed E-state index contributed by atoms with van der Waals surface area (Å²) in [4.78, 5) is 35.5. The number of quaternary nitrogens is 1. The Morgan fingerprint density at radius 3 is 1.33 bits per heavy atom. The summed E-state index contributed by atoms with van der Waals surface area (Å²) in [7, 11) is 1.42. The topological polar surface area (TPSA) is 108 Å². The van der Waals surface area contributed by atoms with Gasteiger partial charge in [-0.3, -0.25) is 18.6 Å². The smallest absolute Gasteiger partial charge is 0.462 e. The van der Waals surface area contributed by atoms with Crippen molar-refractivity contribution in [3.05, 3.63) is 109 Å². The van der Waals surface area contributed by atoms with Crippen molar-refractivity contribution in [3.63, 3.8) is 0 Å². The van der Waals surface area contributed by atoms with Crippen LogP contribution in [0.25, 0.3) is 0 Å². The van der Waals surface area contributed by atoms with Crippen molar-refractivity contribution in [2.75, 3.05) is 47.5 Å². The minimum absolute atomic E-state index is 0.0138. The summed E-state index contributed by atoms with van der Waals surface area (Å²) >= 11 is 0. The standard InChI is InChI=1S/C56H94NO8P/c1-6-8-10-12-14-16-18-20-22-24-26-27-28-29-31-33-35-37-39-41-43-45-47-49-56(59)65-54(53-64-66(60,61)63-51-50-57(3,4)5)52-62-55(58)48-46-44-42-40-38-36-34-32-30-25-23-21-19-17-15-13-11-9-7-2/h8,10,14-17,20-23,26-27,29,31,35,37,41,43,54H,6-7,9,11-13,18-19,24-25,28,30,32-34,36,38-40,42,44-53H2,1-5H3/p+1/b10-8-,16-14-,17-15-,22-20-,23-21-,27-26-,31-29-,37-35-,43-41-. The lowest BCUT2D eigenvalue weighted by atomic mass is 10.1. The van der Waals surface area contributed by atoms with Gasteiger partial charge in [-0.15, -0.1) is 0 Å². The third kappa shape index (κ3) is 50.1. The van der Waals surface area contributed by atoms with E-state index in [4.69, 9.17) is 18.5 Å². The van der Waals surface area contributed by atoms with Crippen LogP contribution >= 0.6 is 7.82 Å². The number of rotatable bonds is 45. The fraction of sp³-hybridized carbons (Fsp3) is 0.643. The molecule has 0 bridgehead atoms. The Morgan fingerprint density at radius 2 is 0.879 bits per heavy atom. The predicted molar refractivity (Wildman–Crippen MR) is 279 cm³/mol. The van der Waals surface area contributed by atoms with E-state index in [0.717, 1.165) is 83.5 Å². The van der Waals surface area contributed by atoms with E-state index < -0.39 is 32.5 Å². The third-order valence-electron chi connectivity index (χ3n) is 10.3. The number of unbranched alkanes of at least 4 members (excludes halogenated alkanes) is 13. The fourth-order valence-corrected chi connectivity index (χ4v) is 7.07. The molecule has 0 saturated carbocycles. The van der Waals surface area contributed by atoms with Gasteiger partial charge in [0.05, 0.1) is 27.7 Å². The Hall–Kier alpha value is -3.33. The second-order valence-corrected chi connectivity index (χ2v) is 19.3. The van der Waals surface area contributed by atoms with Gasteiger partial charge in [0.25, 0.3) is 0 Å². The molecular weight excluding hydrogens is 846 g/mol. The molecule has 0 aliphatic rings. The SMILES string of the molecule is CC/C=C\C/C=C\C/C=C\C/C=C\C/C=C\C/C=C\C/C=C\CCCC(=O)OC(COC(=O)CCCCCCCCCCC/C=C\C/C=C\CCCCC)COP(=O)(O)OCC[N+](C)(C)C. The molecule has 0 spiro atoms. The van der Waals surface area contributed by atoms with Gasteiger partial charge in [-0.1, -0.05) is 181 Å². The van der Waals surface area contributed by atoms with E-state index >= 15 is 0 Å². The first-order valence-electron chi connectivity index (χ1n) is 25.6. The number of hydrogen-bond acceptors (Lipinski definition) is 7. The second-order valence-electron chi connectivity index (χ2n) is 17.8. The van der Waals surface area contributed by atoms with Crippen molar-refractivity contribution in [3.8, 4) is 0 Å². The van der Waals surface area contributed by atoms with Gasteiger partial charge in [-0.25, -0.2) is 4.57 Å². The van der Waals surface area contributed by atoms with Gasteiger partial charge in [0.1, 0.15) is 19.8 Å². The highest BCUT2D eigenvalue weighted by Gasteiger charge is 2.27. The van der Waals surface area contributed by atoms with Crippen LogP contribution in [0.5, 0.6) is 0 Å². The Morgan fingerprint density at radius 1 is 0.485 bits per heavy atom. The number of carbonyl (C=O) groups is 2. The molecule has 0 aliphatic carbocycles. The molecule has 0 heterocycles. The Kier molecular flexibility index (Phi) is 44.4. The summed E-state index contributed by atoms with van der Waals surface area (Å²) in [5.41, 5.74) is 0. The highest BCUT2D eigenvalue weighted by atomic mass is 31.2. The number of ether oxygens (including phenoxy) is 2. The molecule has 0 saturated heterocycles. The van der Waals surface area contributed by atoms with Crippen molar-refractivity contribution in [2.24, 2.45) is 0 Å². The lowest BCUT2D eigenvalue weighted by Gasteiger charge is -2.24. The number of hydrogen-bond donors (Lipinski definition) is 1. The van der Waals surface area contributed by atoms with E-state index in [9.17, 15) is 19.0 Å². The predicted octanol–water partition coefficient (Wildman–Crippen LogP) is 15.5. The van der Waals surface area contributed by atoms with Crippen LogP contribution in [0.1, 0.15) is 181 Å². The van der Waals surface area contributed by atoms with Crippen LogP contribution in [-0.2, 0) is 32.7 Å². The molecule has 376 valence electrons. The van der Waals surface area contributed by atoms with E-state index in [1.54, 1.807) is 0 Å². The number of phosphoric acid groups is 1. The molecule has 2 atom stereocenters. The highest BCUT2D eigenvalue weighted by molar-refractivity contribution is 7.47. The van der Waals surface area contributed by atoms with Crippen LogP contribution in [0.15, 0.2) is 109 Å². The van der Waals surface area contributed by atoms with E-state index in [1.165, 1.54) is 57.8 Å². The van der Waals surface area contributed by atoms with E-state index in [0.29, 0.717) is 23.9 Å². The lowest BCUT2D eigenvalue weighted by Crippen LogP contribution is -2.37. The average molecular weight is 941 g/mol. The first-order chi connectivity index (χ1) is 32.0.